The molecule has 1 saturated carbocycles. The number of hydrogen-bond acceptors (Lipinski definition) is 1. The van der Waals surface area contributed by atoms with Gasteiger partial charge in [-0.05, 0) is 29.4 Å². The normalized spacial score (nSPS) is 18.9. The Morgan fingerprint density at radius 3 is 1.93 bits per heavy atom. The van der Waals surface area contributed by atoms with Crippen molar-refractivity contribution in [2.24, 2.45) is 0 Å². The second kappa shape index (κ2) is 3.34. The van der Waals surface area contributed by atoms with Crippen LogP contribution in [0.2, 0.25) is 0 Å². The van der Waals surface area contributed by atoms with Gasteiger partial charge in [0.05, 0.1) is 5.60 Å². The first kappa shape index (κ1) is 10.7. The smallest absolute Gasteiger partial charge is 0.0929 e. The SMILES string of the molecule is COC1(c2ccc(C(C)(C)C)cc2)CC1. The van der Waals surface area contributed by atoms with Crippen LogP contribution in [0.1, 0.15) is 44.7 Å². The van der Waals surface area contributed by atoms with Crippen LogP contribution in [0.15, 0.2) is 24.3 Å². The van der Waals surface area contributed by atoms with Gasteiger partial charge >= 0.3 is 0 Å². The van der Waals surface area contributed by atoms with Crippen LogP contribution in [0, 0.1) is 0 Å². The summed E-state index contributed by atoms with van der Waals surface area (Å²) in [5.74, 6) is 0. The first-order valence-electron chi connectivity index (χ1n) is 5.64. The van der Waals surface area contributed by atoms with E-state index in [2.05, 4.69) is 45.0 Å². The molecule has 1 nitrogen and oxygen atoms in total. The summed E-state index contributed by atoms with van der Waals surface area (Å²) in [6, 6.07) is 8.90. The summed E-state index contributed by atoms with van der Waals surface area (Å²) >= 11 is 0. The quantitative estimate of drug-likeness (QED) is 0.715. The van der Waals surface area contributed by atoms with Crippen molar-refractivity contribution in [3.8, 4) is 0 Å². The first-order chi connectivity index (χ1) is 6.98. The molecule has 0 aliphatic heterocycles. The Bertz CT molecular complexity index is 339. The van der Waals surface area contributed by atoms with E-state index in [1.54, 1.807) is 0 Å². The summed E-state index contributed by atoms with van der Waals surface area (Å²) in [6.45, 7) is 6.72. The van der Waals surface area contributed by atoms with Crippen molar-refractivity contribution in [3.05, 3.63) is 35.4 Å². The molecule has 0 aromatic heterocycles. The van der Waals surface area contributed by atoms with Gasteiger partial charge in [-0.3, -0.25) is 0 Å². The molecule has 1 aromatic rings. The molecule has 0 unspecified atom stereocenters. The lowest BCUT2D eigenvalue weighted by Gasteiger charge is -2.20. The van der Waals surface area contributed by atoms with E-state index >= 15 is 0 Å². The van der Waals surface area contributed by atoms with Gasteiger partial charge in [0.15, 0.2) is 0 Å². The van der Waals surface area contributed by atoms with Gasteiger partial charge in [0.2, 0.25) is 0 Å². The molecule has 0 N–H and O–H groups in total. The highest BCUT2D eigenvalue weighted by atomic mass is 16.5. The number of hydrogen-bond donors (Lipinski definition) is 0. The van der Waals surface area contributed by atoms with Crippen LogP contribution in [0.3, 0.4) is 0 Å². The molecule has 1 aliphatic carbocycles. The number of methoxy groups -OCH3 is 1. The summed E-state index contributed by atoms with van der Waals surface area (Å²) in [6.07, 6.45) is 2.33. The molecular weight excluding hydrogens is 184 g/mol. The molecule has 0 atom stereocenters. The topological polar surface area (TPSA) is 9.23 Å². The average Bonchev–Trinajstić information content (AvgIpc) is 2.97. The Morgan fingerprint density at radius 1 is 1.07 bits per heavy atom. The van der Waals surface area contributed by atoms with Crippen molar-refractivity contribution < 1.29 is 4.74 Å². The second-order valence-corrected chi connectivity index (χ2v) is 5.53. The van der Waals surface area contributed by atoms with Crippen molar-refractivity contribution in [1.29, 1.82) is 0 Å². The molecule has 0 heterocycles. The molecule has 1 fully saturated rings. The standard InChI is InChI=1S/C14H20O/c1-13(2,3)11-5-7-12(8-6-11)14(15-4)9-10-14/h5-8H,9-10H2,1-4H3. The van der Waals surface area contributed by atoms with Gasteiger partial charge in [0, 0.05) is 7.11 Å². The van der Waals surface area contributed by atoms with Crippen LogP contribution in [-0.2, 0) is 15.8 Å². The predicted octanol–water partition coefficient (Wildman–Crippen LogP) is 3.62. The Kier molecular flexibility index (Phi) is 2.38. The van der Waals surface area contributed by atoms with E-state index in [0.29, 0.717) is 0 Å². The molecule has 82 valence electrons. The van der Waals surface area contributed by atoms with Gasteiger partial charge in [-0.2, -0.15) is 0 Å². The van der Waals surface area contributed by atoms with Crippen LogP contribution in [0.4, 0.5) is 0 Å². The second-order valence-electron chi connectivity index (χ2n) is 5.53. The Labute approximate surface area is 92.5 Å². The Balaban J connectivity index is 2.25. The molecule has 2 rings (SSSR count). The fourth-order valence-corrected chi connectivity index (χ4v) is 2.00. The summed E-state index contributed by atoms with van der Waals surface area (Å²) < 4.78 is 5.56. The zero-order valence-corrected chi connectivity index (χ0v) is 10.1. The van der Waals surface area contributed by atoms with E-state index in [4.69, 9.17) is 4.74 Å². The van der Waals surface area contributed by atoms with Crippen molar-refractivity contribution in [2.45, 2.75) is 44.6 Å². The molecule has 0 bridgehead atoms. The van der Waals surface area contributed by atoms with E-state index in [1.165, 1.54) is 24.0 Å². The van der Waals surface area contributed by atoms with E-state index in [-0.39, 0.29) is 11.0 Å². The number of ether oxygens (including phenoxy) is 1. The molecule has 15 heavy (non-hydrogen) atoms. The molecule has 1 aromatic carbocycles. The van der Waals surface area contributed by atoms with Gasteiger partial charge in [-0.15, -0.1) is 0 Å². The zero-order chi connectivity index (χ0) is 11.1. The minimum atomic E-state index is 0.0520. The molecule has 0 saturated heterocycles. The third-order valence-electron chi connectivity index (χ3n) is 3.37. The molecule has 1 aliphatic rings. The van der Waals surface area contributed by atoms with Crippen molar-refractivity contribution >= 4 is 0 Å². The molecule has 1 heteroatoms. The fourth-order valence-electron chi connectivity index (χ4n) is 2.00. The number of benzene rings is 1. The third-order valence-corrected chi connectivity index (χ3v) is 3.37. The van der Waals surface area contributed by atoms with Gasteiger partial charge in [-0.1, -0.05) is 45.0 Å². The highest BCUT2D eigenvalue weighted by molar-refractivity contribution is 5.33. The lowest BCUT2D eigenvalue weighted by Crippen LogP contribution is -2.13. The van der Waals surface area contributed by atoms with Crippen LogP contribution >= 0.6 is 0 Å². The minimum absolute atomic E-state index is 0.0520. The fraction of sp³-hybridized carbons (Fsp3) is 0.571. The summed E-state index contributed by atoms with van der Waals surface area (Å²) in [7, 11) is 1.81. The largest absolute Gasteiger partial charge is 0.374 e. The zero-order valence-electron chi connectivity index (χ0n) is 10.1. The Hall–Kier alpha value is -0.820. The lowest BCUT2D eigenvalue weighted by atomic mass is 9.86. The van der Waals surface area contributed by atoms with Crippen LogP contribution in [0.5, 0.6) is 0 Å². The van der Waals surface area contributed by atoms with Gasteiger partial charge < -0.3 is 4.74 Å². The van der Waals surface area contributed by atoms with Crippen molar-refractivity contribution in [3.63, 3.8) is 0 Å². The van der Waals surface area contributed by atoms with E-state index < -0.39 is 0 Å². The van der Waals surface area contributed by atoms with E-state index in [9.17, 15) is 0 Å². The predicted molar refractivity (Wildman–Crippen MR) is 63.1 cm³/mol. The summed E-state index contributed by atoms with van der Waals surface area (Å²) in [5.41, 5.74) is 3.01. The maximum atomic E-state index is 5.56. The van der Waals surface area contributed by atoms with Crippen LogP contribution in [0.25, 0.3) is 0 Å². The maximum absolute atomic E-state index is 5.56. The van der Waals surface area contributed by atoms with Gasteiger partial charge in [0.1, 0.15) is 0 Å². The van der Waals surface area contributed by atoms with Crippen LogP contribution < -0.4 is 0 Å². The third kappa shape index (κ3) is 1.93. The highest BCUT2D eigenvalue weighted by Gasteiger charge is 2.44. The average molecular weight is 204 g/mol. The minimum Gasteiger partial charge on any atom is -0.374 e. The van der Waals surface area contributed by atoms with Gasteiger partial charge in [-0.25, -0.2) is 0 Å². The lowest BCUT2D eigenvalue weighted by molar-refractivity contribution is 0.0789. The molecule has 0 spiro atoms. The van der Waals surface area contributed by atoms with Crippen molar-refractivity contribution in [2.75, 3.05) is 7.11 Å². The summed E-state index contributed by atoms with van der Waals surface area (Å²) in [4.78, 5) is 0. The maximum Gasteiger partial charge on any atom is 0.0929 e. The van der Waals surface area contributed by atoms with Gasteiger partial charge in [0.25, 0.3) is 0 Å². The monoisotopic (exact) mass is 204 g/mol. The van der Waals surface area contributed by atoms with Crippen molar-refractivity contribution in [1.82, 2.24) is 0 Å². The highest BCUT2D eigenvalue weighted by Crippen LogP contribution is 2.48. The Morgan fingerprint density at radius 2 is 1.60 bits per heavy atom. The van der Waals surface area contributed by atoms with E-state index in [1.807, 2.05) is 7.11 Å². The van der Waals surface area contributed by atoms with Crippen LogP contribution in [-0.4, -0.2) is 7.11 Å². The number of rotatable bonds is 2. The molecular formula is C14H20O. The van der Waals surface area contributed by atoms with E-state index in [0.717, 1.165) is 0 Å². The molecule has 0 radical (unpaired) electrons. The summed E-state index contributed by atoms with van der Waals surface area (Å²) in [5, 5.41) is 0. The first-order valence-corrected chi connectivity index (χ1v) is 5.64. The molecule has 0 amide bonds.